The fraction of sp³-hybridized carbons (Fsp3) is 0.381. The Morgan fingerprint density at radius 2 is 1.80 bits per heavy atom. The summed E-state index contributed by atoms with van der Waals surface area (Å²) in [6.45, 7) is 1.62. The summed E-state index contributed by atoms with van der Waals surface area (Å²) < 4.78 is 43.7. The van der Waals surface area contributed by atoms with Crippen molar-refractivity contribution in [1.82, 2.24) is 9.62 Å². The van der Waals surface area contributed by atoms with E-state index in [1.54, 1.807) is 30.3 Å². The van der Waals surface area contributed by atoms with Crippen LogP contribution >= 0.6 is 0 Å². The smallest absolute Gasteiger partial charge is 0.252 e. The van der Waals surface area contributed by atoms with Crippen molar-refractivity contribution in [2.45, 2.75) is 24.2 Å². The number of hydrogen-bond donors (Lipinski definition) is 1. The van der Waals surface area contributed by atoms with Crippen molar-refractivity contribution < 1.29 is 27.4 Å². The number of hydrogen-bond acceptors (Lipinski definition) is 6. The topological polar surface area (TPSA) is 94.2 Å². The van der Waals surface area contributed by atoms with Gasteiger partial charge >= 0.3 is 0 Å². The number of amides is 1. The summed E-state index contributed by atoms with van der Waals surface area (Å²) in [5.74, 6) is 1.44. The molecule has 30 heavy (non-hydrogen) atoms. The lowest BCUT2D eigenvalue weighted by Crippen LogP contribution is -2.37. The zero-order valence-corrected chi connectivity index (χ0v) is 17.3. The van der Waals surface area contributed by atoms with E-state index in [2.05, 4.69) is 5.32 Å². The van der Waals surface area contributed by atoms with Gasteiger partial charge in [0.2, 0.25) is 16.8 Å². The number of benzene rings is 2. The highest BCUT2D eigenvalue weighted by atomic mass is 32.2. The average Bonchev–Trinajstić information content (AvgIpc) is 3.25. The molecule has 9 heteroatoms. The van der Waals surface area contributed by atoms with Gasteiger partial charge in [0.05, 0.1) is 17.0 Å². The van der Waals surface area contributed by atoms with Crippen LogP contribution in [0.15, 0.2) is 47.4 Å². The molecule has 0 unspecified atom stereocenters. The Hall–Kier alpha value is -2.78. The first-order chi connectivity index (χ1) is 14.6. The number of ether oxygens (including phenoxy) is 3. The summed E-state index contributed by atoms with van der Waals surface area (Å²) in [5, 5.41) is 2.73. The standard InChI is InChI=1S/C21H24N2O6S/c24-21(22-10-13-27-16-8-9-18-19(14-16)29-15-28-18)17-6-2-3-7-20(17)30(25,26)23-11-4-1-5-12-23/h2-3,6-9,14H,1,4-5,10-13,15H2,(H,22,24). The van der Waals surface area contributed by atoms with Gasteiger partial charge in [-0.15, -0.1) is 0 Å². The van der Waals surface area contributed by atoms with E-state index in [9.17, 15) is 13.2 Å². The number of rotatable bonds is 7. The molecule has 160 valence electrons. The fourth-order valence-corrected chi connectivity index (χ4v) is 5.23. The van der Waals surface area contributed by atoms with E-state index in [-0.39, 0.29) is 30.4 Å². The lowest BCUT2D eigenvalue weighted by Gasteiger charge is -2.26. The van der Waals surface area contributed by atoms with E-state index < -0.39 is 15.9 Å². The fourth-order valence-electron chi connectivity index (χ4n) is 3.52. The molecule has 2 aliphatic rings. The molecule has 1 N–H and O–H groups in total. The van der Waals surface area contributed by atoms with Gasteiger partial charge in [0, 0.05) is 19.2 Å². The van der Waals surface area contributed by atoms with Crippen LogP contribution in [0.1, 0.15) is 29.6 Å². The van der Waals surface area contributed by atoms with Gasteiger partial charge in [0.15, 0.2) is 11.5 Å². The molecule has 0 bridgehead atoms. The van der Waals surface area contributed by atoms with Crippen molar-refractivity contribution in [3.05, 3.63) is 48.0 Å². The van der Waals surface area contributed by atoms with Crippen LogP contribution in [-0.4, -0.2) is 51.7 Å². The van der Waals surface area contributed by atoms with Crippen molar-refractivity contribution >= 4 is 15.9 Å². The van der Waals surface area contributed by atoms with Crippen LogP contribution in [0.4, 0.5) is 0 Å². The van der Waals surface area contributed by atoms with Gasteiger partial charge in [-0.1, -0.05) is 18.6 Å². The minimum atomic E-state index is -3.70. The van der Waals surface area contributed by atoms with E-state index in [0.717, 1.165) is 19.3 Å². The molecule has 0 radical (unpaired) electrons. The van der Waals surface area contributed by atoms with Crippen LogP contribution in [-0.2, 0) is 10.0 Å². The number of nitrogens with zero attached hydrogens (tertiary/aromatic N) is 1. The molecule has 1 fully saturated rings. The molecular formula is C21H24N2O6S. The van der Waals surface area contributed by atoms with Gasteiger partial charge in [-0.2, -0.15) is 4.31 Å². The Kier molecular flexibility index (Phi) is 6.10. The molecule has 4 rings (SSSR count). The van der Waals surface area contributed by atoms with Crippen molar-refractivity contribution in [3.63, 3.8) is 0 Å². The first kappa shape index (κ1) is 20.5. The highest BCUT2D eigenvalue weighted by Crippen LogP contribution is 2.35. The lowest BCUT2D eigenvalue weighted by molar-refractivity contribution is 0.0943. The molecule has 1 saturated heterocycles. The Morgan fingerprint density at radius 3 is 2.63 bits per heavy atom. The summed E-state index contributed by atoms with van der Waals surface area (Å²) in [4.78, 5) is 12.7. The van der Waals surface area contributed by atoms with E-state index in [1.807, 2.05) is 0 Å². The van der Waals surface area contributed by atoms with Crippen LogP contribution in [0, 0.1) is 0 Å². The lowest BCUT2D eigenvalue weighted by atomic mass is 10.2. The quantitative estimate of drug-likeness (QED) is 0.676. The van der Waals surface area contributed by atoms with Gasteiger partial charge in [-0.3, -0.25) is 4.79 Å². The van der Waals surface area contributed by atoms with Crippen LogP contribution in [0.2, 0.25) is 0 Å². The number of carbonyl (C=O) groups excluding carboxylic acids is 1. The molecule has 0 saturated carbocycles. The maximum absolute atomic E-state index is 13.0. The number of nitrogens with one attached hydrogen (secondary N) is 1. The van der Waals surface area contributed by atoms with Crippen LogP contribution in [0.5, 0.6) is 17.2 Å². The van der Waals surface area contributed by atoms with Gasteiger partial charge < -0.3 is 19.5 Å². The molecule has 2 aliphatic heterocycles. The summed E-state index contributed by atoms with van der Waals surface area (Å²) in [6, 6.07) is 11.6. The second kappa shape index (κ2) is 8.93. The highest BCUT2D eigenvalue weighted by molar-refractivity contribution is 7.89. The number of carbonyl (C=O) groups is 1. The van der Waals surface area contributed by atoms with Crippen molar-refractivity contribution in [1.29, 1.82) is 0 Å². The average molecular weight is 432 g/mol. The first-order valence-electron chi connectivity index (χ1n) is 9.95. The first-order valence-corrected chi connectivity index (χ1v) is 11.4. The predicted molar refractivity (Wildman–Crippen MR) is 109 cm³/mol. The van der Waals surface area contributed by atoms with E-state index in [4.69, 9.17) is 14.2 Å². The summed E-state index contributed by atoms with van der Waals surface area (Å²) in [6.07, 6.45) is 2.70. The summed E-state index contributed by atoms with van der Waals surface area (Å²) in [5.41, 5.74) is 0.145. The molecule has 2 heterocycles. The third kappa shape index (κ3) is 4.36. The highest BCUT2D eigenvalue weighted by Gasteiger charge is 2.29. The Bertz CT molecular complexity index is 1020. The van der Waals surface area contributed by atoms with Gasteiger partial charge in [-0.05, 0) is 37.1 Å². The summed E-state index contributed by atoms with van der Waals surface area (Å²) >= 11 is 0. The third-order valence-electron chi connectivity index (χ3n) is 5.06. The van der Waals surface area contributed by atoms with Crippen LogP contribution in [0.25, 0.3) is 0 Å². The van der Waals surface area contributed by atoms with Crippen LogP contribution in [0.3, 0.4) is 0 Å². The van der Waals surface area contributed by atoms with E-state index >= 15 is 0 Å². The van der Waals surface area contributed by atoms with Crippen molar-refractivity contribution in [3.8, 4) is 17.2 Å². The maximum atomic E-state index is 13.0. The third-order valence-corrected chi connectivity index (χ3v) is 7.02. The second-order valence-electron chi connectivity index (χ2n) is 7.08. The molecule has 2 aromatic carbocycles. The molecule has 0 atom stereocenters. The molecule has 0 aromatic heterocycles. The largest absolute Gasteiger partial charge is 0.492 e. The maximum Gasteiger partial charge on any atom is 0.252 e. The molecular weight excluding hydrogens is 408 g/mol. The van der Waals surface area contributed by atoms with Gasteiger partial charge in [-0.25, -0.2) is 8.42 Å². The molecule has 1 amide bonds. The Labute approximate surface area is 175 Å². The molecule has 2 aromatic rings. The van der Waals surface area contributed by atoms with Gasteiger partial charge in [0.1, 0.15) is 12.4 Å². The molecule has 0 aliphatic carbocycles. The zero-order valence-electron chi connectivity index (χ0n) is 16.5. The normalized spacial score (nSPS) is 16.3. The minimum Gasteiger partial charge on any atom is -0.492 e. The minimum absolute atomic E-state index is 0.0427. The number of piperidine rings is 1. The predicted octanol–water partition coefficient (Wildman–Crippen LogP) is 2.40. The summed E-state index contributed by atoms with van der Waals surface area (Å²) in [7, 11) is -3.70. The molecule has 0 spiro atoms. The second-order valence-corrected chi connectivity index (χ2v) is 8.99. The van der Waals surface area contributed by atoms with E-state index in [0.29, 0.717) is 30.3 Å². The van der Waals surface area contributed by atoms with E-state index in [1.165, 1.54) is 16.4 Å². The SMILES string of the molecule is O=C(NCCOc1ccc2c(c1)OCO2)c1ccccc1S(=O)(=O)N1CCCCC1. The zero-order chi connectivity index (χ0) is 21.0. The van der Waals surface area contributed by atoms with Crippen LogP contribution < -0.4 is 19.5 Å². The monoisotopic (exact) mass is 432 g/mol. The van der Waals surface area contributed by atoms with Crippen molar-refractivity contribution in [2.75, 3.05) is 33.0 Å². The van der Waals surface area contributed by atoms with Crippen molar-refractivity contribution in [2.24, 2.45) is 0 Å². The number of sulfonamides is 1. The molecule has 8 nitrogen and oxygen atoms in total. The Balaban J connectivity index is 1.37. The Morgan fingerprint density at radius 1 is 1.03 bits per heavy atom. The van der Waals surface area contributed by atoms with Gasteiger partial charge in [0.25, 0.3) is 5.91 Å². The number of fused-ring (bicyclic) bond motifs is 1.